The topological polar surface area (TPSA) is 20.2 Å². The predicted molar refractivity (Wildman–Crippen MR) is 45.3 cm³/mol. The molecule has 0 radical (unpaired) electrons. The highest BCUT2D eigenvalue weighted by molar-refractivity contribution is 4.70. The van der Waals surface area contributed by atoms with Gasteiger partial charge >= 0.3 is 0 Å². The molecule has 0 aromatic rings. The zero-order valence-corrected chi connectivity index (χ0v) is 7.95. The minimum absolute atomic E-state index is 0.525. The van der Waals surface area contributed by atoms with E-state index < -0.39 is 11.3 Å². The molecule has 2 heteroatoms. The fourth-order valence-corrected chi connectivity index (χ4v) is 0.941. The van der Waals surface area contributed by atoms with Gasteiger partial charge < -0.3 is 5.11 Å². The van der Waals surface area contributed by atoms with Crippen LogP contribution in [0.15, 0.2) is 0 Å². The molecule has 1 nitrogen and oxygen atoms in total. The standard InChI is InChI=1S/C9H19FO/c1-8(2,10)6-5-7-9(3,4)11/h11H,5-7H2,1-4H3. The van der Waals surface area contributed by atoms with E-state index in [1.54, 1.807) is 27.7 Å². The molecule has 0 unspecified atom stereocenters. The summed E-state index contributed by atoms with van der Waals surface area (Å²) < 4.78 is 12.9. The summed E-state index contributed by atoms with van der Waals surface area (Å²) in [6, 6.07) is 0. The van der Waals surface area contributed by atoms with E-state index >= 15 is 0 Å². The molecular formula is C9H19FO. The van der Waals surface area contributed by atoms with Gasteiger partial charge in [0.25, 0.3) is 0 Å². The minimum atomic E-state index is -1.09. The second kappa shape index (κ2) is 3.53. The fraction of sp³-hybridized carbons (Fsp3) is 1.00. The molecule has 0 aromatic carbocycles. The normalized spacial score (nSPS) is 13.6. The molecule has 0 aliphatic heterocycles. The van der Waals surface area contributed by atoms with E-state index in [4.69, 9.17) is 0 Å². The highest BCUT2D eigenvalue weighted by Crippen LogP contribution is 2.20. The average molecular weight is 162 g/mol. The zero-order chi connectivity index (χ0) is 9.12. The molecule has 0 saturated carbocycles. The number of halogens is 1. The van der Waals surface area contributed by atoms with E-state index in [-0.39, 0.29) is 0 Å². The second-order valence-electron chi connectivity index (χ2n) is 4.38. The molecule has 0 rings (SSSR count). The van der Waals surface area contributed by atoms with Gasteiger partial charge in [-0.1, -0.05) is 0 Å². The van der Waals surface area contributed by atoms with Crippen molar-refractivity contribution in [2.75, 3.05) is 0 Å². The van der Waals surface area contributed by atoms with Crippen molar-refractivity contribution in [1.82, 2.24) is 0 Å². The summed E-state index contributed by atoms with van der Waals surface area (Å²) in [4.78, 5) is 0. The monoisotopic (exact) mass is 162 g/mol. The molecule has 0 spiro atoms. The Morgan fingerprint density at radius 2 is 1.55 bits per heavy atom. The summed E-state index contributed by atoms with van der Waals surface area (Å²) in [6.45, 7) is 6.63. The molecule has 0 bridgehead atoms. The maximum atomic E-state index is 12.9. The van der Waals surface area contributed by atoms with Gasteiger partial charge in [-0.2, -0.15) is 0 Å². The van der Waals surface area contributed by atoms with Gasteiger partial charge in [0.05, 0.1) is 5.60 Å². The van der Waals surface area contributed by atoms with E-state index in [1.165, 1.54) is 0 Å². The Morgan fingerprint density at radius 1 is 1.09 bits per heavy atom. The van der Waals surface area contributed by atoms with Crippen LogP contribution in [0.1, 0.15) is 47.0 Å². The molecule has 0 amide bonds. The van der Waals surface area contributed by atoms with Crippen molar-refractivity contribution in [3.8, 4) is 0 Å². The lowest BCUT2D eigenvalue weighted by atomic mass is 9.96. The van der Waals surface area contributed by atoms with Crippen molar-refractivity contribution in [3.63, 3.8) is 0 Å². The van der Waals surface area contributed by atoms with Crippen LogP contribution < -0.4 is 0 Å². The maximum absolute atomic E-state index is 12.9. The molecule has 11 heavy (non-hydrogen) atoms. The Hall–Kier alpha value is -0.110. The van der Waals surface area contributed by atoms with Crippen molar-refractivity contribution in [2.45, 2.75) is 58.2 Å². The van der Waals surface area contributed by atoms with Crippen LogP contribution in [0.3, 0.4) is 0 Å². The minimum Gasteiger partial charge on any atom is -0.390 e. The Kier molecular flexibility index (Phi) is 3.49. The lowest BCUT2D eigenvalue weighted by molar-refractivity contribution is 0.0624. The van der Waals surface area contributed by atoms with Crippen LogP contribution in [0.25, 0.3) is 0 Å². The summed E-state index contributed by atoms with van der Waals surface area (Å²) >= 11 is 0. The van der Waals surface area contributed by atoms with E-state index in [1.807, 2.05) is 0 Å². The third-order valence-electron chi connectivity index (χ3n) is 1.56. The first kappa shape index (κ1) is 10.9. The first-order chi connectivity index (χ1) is 4.71. The molecule has 0 aliphatic rings. The maximum Gasteiger partial charge on any atom is 0.105 e. The van der Waals surface area contributed by atoms with Crippen molar-refractivity contribution >= 4 is 0 Å². The smallest absolute Gasteiger partial charge is 0.105 e. The first-order valence-corrected chi connectivity index (χ1v) is 4.12. The number of hydrogen-bond acceptors (Lipinski definition) is 1. The zero-order valence-electron chi connectivity index (χ0n) is 7.95. The summed E-state index contributed by atoms with van der Waals surface area (Å²) in [5, 5.41) is 9.29. The highest BCUT2D eigenvalue weighted by atomic mass is 19.1. The van der Waals surface area contributed by atoms with Gasteiger partial charge in [0.15, 0.2) is 0 Å². The van der Waals surface area contributed by atoms with Gasteiger partial charge in [-0.25, -0.2) is 4.39 Å². The van der Waals surface area contributed by atoms with Gasteiger partial charge in [0.2, 0.25) is 0 Å². The van der Waals surface area contributed by atoms with Crippen LogP contribution in [0, 0.1) is 0 Å². The Labute approximate surface area is 68.6 Å². The third-order valence-corrected chi connectivity index (χ3v) is 1.56. The molecule has 68 valence electrons. The van der Waals surface area contributed by atoms with Gasteiger partial charge in [0.1, 0.15) is 5.67 Å². The predicted octanol–water partition coefficient (Wildman–Crippen LogP) is 2.68. The van der Waals surface area contributed by atoms with E-state index in [0.717, 1.165) is 6.42 Å². The quantitative estimate of drug-likeness (QED) is 0.673. The van der Waals surface area contributed by atoms with Crippen LogP contribution in [-0.2, 0) is 0 Å². The number of rotatable bonds is 4. The molecular weight excluding hydrogens is 143 g/mol. The van der Waals surface area contributed by atoms with Crippen molar-refractivity contribution in [1.29, 1.82) is 0 Å². The number of alkyl halides is 1. The molecule has 0 atom stereocenters. The van der Waals surface area contributed by atoms with E-state index in [0.29, 0.717) is 12.8 Å². The first-order valence-electron chi connectivity index (χ1n) is 4.12. The van der Waals surface area contributed by atoms with Gasteiger partial charge in [-0.15, -0.1) is 0 Å². The largest absolute Gasteiger partial charge is 0.390 e. The van der Waals surface area contributed by atoms with Crippen LogP contribution >= 0.6 is 0 Å². The van der Waals surface area contributed by atoms with Crippen molar-refractivity contribution in [2.24, 2.45) is 0 Å². The summed E-state index contributed by atoms with van der Waals surface area (Å²) in [7, 11) is 0. The Morgan fingerprint density at radius 3 is 1.82 bits per heavy atom. The third kappa shape index (κ3) is 9.89. The van der Waals surface area contributed by atoms with Gasteiger partial charge in [-0.05, 0) is 47.0 Å². The van der Waals surface area contributed by atoms with Crippen LogP contribution in [0.2, 0.25) is 0 Å². The summed E-state index contributed by atoms with van der Waals surface area (Å²) in [5.41, 5.74) is -1.74. The SMILES string of the molecule is CC(C)(O)CCCC(C)(C)F. The Bertz CT molecular complexity index is 93.7. The lowest BCUT2D eigenvalue weighted by Gasteiger charge is -2.19. The molecule has 0 heterocycles. The van der Waals surface area contributed by atoms with Crippen molar-refractivity contribution < 1.29 is 9.50 Å². The van der Waals surface area contributed by atoms with Crippen LogP contribution in [0.5, 0.6) is 0 Å². The Balaban J connectivity index is 3.44. The fourth-order valence-electron chi connectivity index (χ4n) is 0.941. The lowest BCUT2D eigenvalue weighted by Crippen LogP contribution is -2.20. The molecule has 1 N–H and O–H groups in total. The highest BCUT2D eigenvalue weighted by Gasteiger charge is 2.18. The van der Waals surface area contributed by atoms with Crippen molar-refractivity contribution in [3.05, 3.63) is 0 Å². The summed E-state index contributed by atoms with van der Waals surface area (Å²) in [5.74, 6) is 0. The average Bonchev–Trinajstić information content (AvgIpc) is 1.55. The molecule has 0 saturated heterocycles. The van der Waals surface area contributed by atoms with Crippen LogP contribution in [0.4, 0.5) is 4.39 Å². The van der Waals surface area contributed by atoms with Gasteiger partial charge in [0, 0.05) is 0 Å². The van der Waals surface area contributed by atoms with Gasteiger partial charge in [-0.3, -0.25) is 0 Å². The van der Waals surface area contributed by atoms with E-state index in [9.17, 15) is 9.50 Å². The molecule has 0 fully saturated rings. The number of hydrogen-bond donors (Lipinski definition) is 1. The summed E-state index contributed by atoms with van der Waals surface area (Å²) in [6.07, 6.45) is 1.93. The molecule has 0 aromatic heterocycles. The van der Waals surface area contributed by atoms with E-state index in [2.05, 4.69) is 0 Å². The van der Waals surface area contributed by atoms with Crippen LogP contribution in [-0.4, -0.2) is 16.4 Å². The number of aliphatic hydroxyl groups is 1. The second-order valence-corrected chi connectivity index (χ2v) is 4.38. The molecule has 0 aliphatic carbocycles.